The molecule has 75 heavy (non-hydrogen) atoms. The fourth-order valence-corrected chi connectivity index (χ4v) is 8.29. The predicted molar refractivity (Wildman–Crippen MR) is 280 cm³/mol. The lowest BCUT2D eigenvalue weighted by atomic mass is 9.91. The molecule has 2 aromatic rings. The number of ether oxygens (including phenoxy) is 5. The van der Waals surface area contributed by atoms with E-state index in [1.807, 2.05) is 33.8 Å². The number of nitrogens with one attached hydrogen (secondary N) is 4. The van der Waals surface area contributed by atoms with Gasteiger partial charge in [-0.05, 0) is 102 Å². The molecule has 1 fully saturated rings. The number of carbonyl (C=O) groups excluding carboxylic acids is 8. The molecule has 8 atom stereocenters. The van der Waals surface area contributed by atoms with E-state index in [4.69, 9.17) is 23.7 Å². The summed E-state index contributed by atoms with van der Waals surface area (Å²) < 4.78 is 27.7. The molecule has 418 valence electrons. The lowest BCUT2D eigenvalue weighted by Gasteiger charge is -2.34. The number of aliphatic hydroxyl groups excluding tert-OH is 1. The van der Waals surface area contributed by atoms with Crippen molar-refractivity contribution in [3.05, 3.63) is 65.7 Å². The summed E-state index contributed by atoms with van der Waals surface area (Å²) in [7, 11) is 2.89. The topological polar surface area (TPSA) is 258 Å². The maximum Gasteiger partial charge on any atom is 0.410 e. The minimum absolute atomic E-state index is 0.0313. The first-order valence-electron chi connectivity index (χ1n) is 26.1. The number of rotatable bonds is 27. The van der Waals surface area contributed by atoms with Gasteiger partial charge in [-0.2, -0.15) is 0 Å². The smallest absolute Gasteiger partial charge is 0.410 e. The van der Waals surface area contributed by atoms with Gasteiger partial charge in [0.05, 0.1) is 32.3 Å². The minimum atomic E-state index is -1.64. The summed E-state index contributed by atoms with van der Waals surface area (Å²) in [6.45, 7) is 18.9. The number of nitrogens with zero attached hydrogens (tertiary/aromatic N) is 2. The Morgan fingerprint density at radius 1 is 0.853 bits per heavy atom. The highest BCUT2D eigenvalue weighted by Gasteiger charge is 2.42. The molecule has 0 saturated carbocycles. The van der Waals surface area contributed by atoms with Gasteiger partial charge in [0.15, 0.2) is 0 Å². The molecule has 20 heteroatoms. The maximum absolute atomic E-state index is 14.4. The number of carbonyl (C=O) groups is 8. The average Bonchev–Trinajstić information content (AvgIpc) is 3.85. The number of amides is 6. The standard InChI is InChI=1S/C55H84N6O14/c1-14-16-29-72-49(66)41-23-20-28-61(41)48(65)40(30-34(3)4)56-51(68)55(10,11)59-44(63)32-43(62)45(35(5)15-2)57-47(64)46(58-52(69)75-54(7,8)9)36(6)74-50(67)42(31-37-24-26-39(71-13)27-25-37)60(12)53(70)73-33-38-21-18-17-19-22-38/h17-19,21-22,24-27,34-36,40-43,45-46,62H,14-16,20,23,28-33H2,1-13H3,(H,56,68)(H,57,64)(H,58,69)(H,59,63)/t35-,36+,40-,41-,42-,43-,45+,46-/m0/s1. The second-order valence-corrected chi connectivity index (χ2v) is 21.2. The van der Waals surface area contributed by atoms with Gasteiger partial charge in [-0.15, -0.1) is 0 Å². The molecule has 1 saturated heterocycles. The molecular formula is C55H84N6O14. The number of methoxy groups -OCH3 is 1. The van der Waals surface area contributed by atoms with Gasteiger partial charge in [-0.1, -0.05) is 89.9 Å². The van der Waals surface area contributed by atoms with E-state index in [9.17, 15) is 43.5 Å². The van der Waals surface area contributed by atoms with Crippen LogP contribution in [0.15, 0.2) is 54.6 Å². The van der Waals surface area contributed by atoms with E-state index >= 15 is 0 Å². The number of unbranched alkanes of at least 4 members (excludes halogenated alkanes) is 1. The number of alkyl carbamates (subject to hydrolysis) is 1. The number of esters is 2. The fraction of sp³-hybridized carbons (Fsp3) is 0.636. The third-order valence-corrected chi connectivity index (χ3v) is 12.8. The Kier molecular flexibility index (Phi) is 24.8. The minimum Gasteiger partial charge on any atom is -0.497 e. The first kappa shape index (κ1) is 62.9. The summed E-state index contributed by atoms with van der Waals surface area (Å²) >= 11 is 0. The van der Waals surface area contributed by atoms with Gasteiger partial charge in [0.25, 0.3) is 0 Å². The second-order valence-electron chi connectivity index (χ2n) is 21.2. The molecule has 1 heterocycles. The van der Waals surface area contributed by atoms with Crippen LogP contribution in [0.1, 0.15) is 132 Å². The predicted octanol–water partition coefficient (Wildman–Crippen LogP) is 5.74. The van der Waals surface area contributed by atoms with Crippen LogP contribution in [0.25, 0.3) is 0 Å². The largest absolute Gasteiger partial charge is 0.497 e. The van der Waals surface area contributed by atoms with Gasteiger partial charge >= 0.3 is 24.1 Å². The normalized spacial score (nSPS) is 16.4. The molecule has 0 unspecified atom stereocenters. The zero-order valence-corrected chi connectivity index (χ0v) is 46.3. The number of hydrogen-bond donors (Lipinski definition) is 5. The van der Waals surface area contributed by atoms with E-state index < -0.39 is 114 Å². The van der Waals surface area contributed by atoms with Crippen molar-refractivity contribution >= 4 is 47.8 Å². The SMILES string of the molecule is CCCCOC(=O)[C@@H]1CCCN1C(=O)[C@H](CC(C)C)NC(=O)C(C)(C)NC(=O)C[C@H](O)[C@H](NC(=O)[C@@H](NC(=O)OC(C)(C)C)[C@@H](C)OC(=O)[C@H](Cc1ccc(OC)cc1)N(C)C(=O)OCc1ccccc1)[C@@H](C)CC. The van der Waals surface area contributed by atoms with E-state index in [1.165, 1.54) is 39.8 Å². The van der Waals surface area contributed by atoms with Crippen molar-refractivity contribution in [2.45, 2.75) is 188 Å². The molecule has 2 aromatic carbocycles. The van der Waals surface area contributed by atoms with Crippen LogP contribution in [0.4, 0.5) is 9.59 Å². The zero-order valence-electron chi connectivity index (χ0n) is 46.3. The molecule has 20 nitrogen and oxygen atoms in total. The third kappa shape index (κ3) is 20.3. The number of benzene rings is 2. The molecule has 1 aliphatic heterocycles. The van der Waals surface area contributed by atoms with Gasteiger partial charge in [-0.25, -0.2) is 19.2 Å². The molecule has 0 aromatic heterocycles. The van der Waals surface area contributed by atoms with Crippen LogP contribution >= 0.6 is 0 Å². The summed E-state index contributed by atoms with van der Waals surface area (Å²) in [6, 6.07) is 9.95. The van der Waals surface area contributed by atoms with Crippen LogP contribution in [0.5, 0.6) is 5.75 Å². The first-order chi connectivity index (χ1) is 35.2. The third-order valence-electron chi connectivity index (χ3n) is 12.8. The molecule has 6 amide bonds. The van der Waals surface area contributed by atoms with Crippen LogP contribution in [0, 0.1) is 11.8 Å². The Hall–Kier alpha value is -6.44. The van der Waals surface area contributed by atoms with Crippen LogP contribution in [0.2, 0.25) is 0 Å². The Morgan fingerprint density at radius 2 is 1.51 bits per heavy atom. The summed E-state index contributed by atoms with van der Waals surface area (Å²) in [5.41, 5.74) is -1.26. The van der Waals surface area contributed by atoms with Crippen LogP contribution in [0.3, 0.4) is 0 Å². The van der Waals surface area contributed by atoms with Crippen LogP contribution < -0.4 is 26.0 Å². The summed E-state index contributed by atoms with van der Waals surface area (Å²) in [4.78, 5) is 113. The highest BCUT2D eigenvalue weighted by Crippen LogP contribution is 2.24. The quantitative estimate of drug-likeness (QED) is 0.0406. The molecular weight excluding hydrogens is 969 g/mol. The highest BCUT2D eigenvalue weighted by atomic mass is 16.6. The van der Waals surface area contributed by atoms with Crippen molar-refractivity contribution in [1.29, 1.82) is 0 Å². The van der Waals surface area contributed by atoms with Gasteiger partial charge in [0, 0.05) is 20.0 Å². The van der Waals surface area contributed by atoms with Crippen molar-refractivity contribution in [2.75, 3.05) is 27.3 Å². The molecule has 0 aliphatic carbocycles. The Bertz CT molecular complexity index is 2200. The number of aliphatic hydroxyl groups is 1. The highest BCUT2D eigenvalue weighted by molar-refractivity contribution is 5.96. The molecule has 0 bridgehead atoms. The maximum atomic E-state index is 14.4. The van der Waals surface area contributed by atoms with E-state index in [0.29, 0.717) is 49.1 Å². The van der Waals surface area contributed by atoms with E-state index in [-0.39, 0.29) is 32.0 Å². The Morgan fingerprint density at radius 3 is 2.09 bits per heavy atom. The van der Waals surface area contributed by atoms with Gasteiger partial charge in [-0.3, -0.25) is 24.1 Å². The molecule has 1 aliphatic rings. The summed E-state index contributed by atoms with van der Waals surface area (Å²) in [5, 5.41) is 22.4. The fourth-order valence-electron chi connectivity index (χ4n) is 8.29. The first-order valence-corrected chi connectivity index (χ1v) is 26.1. The van der Waals surface area contributed by atoms with Gasteiger partial charge < -0.3 is 55.0 Å². The van der Waals surface area contributed by atoms with Crippen LogP contribution in [-0.4, -0.2) is 144 Å². The zero-order chi connectivity index (χ0) is 56.2. The van der Waals surface area contributed by atoms with E-state index in [1.54, 1.807) is 76.2 Å². The van der Waals surface area contributed by atoms with E-state index in [2.05, 4.69) is 21.3 Å². The Labute approximate surface area is 443 Å². The van der Waals surface area contributed by atoms with Crippen molar-refractivity contribution in [1.82, 2.24) is 31.1 Å². The average molecular weight is 1050 g/mol. The number of likely N-dealkylation sites (tertiary alicyclic amines) is 1. The molecule has 3 rings (SSSR count). The van der Waals surface area contributed by atoms with Crippen molar-refractivity contribution in [2.24, 2.45) is 11.8 Å². The lowest BCUT2D eigenvalue weighted by molar-refractivity contribution is -0.156. The summed E-state index contributed by atoms with van der Waals surface area (Å²) in [5.74, 6) is -4.13. The molecule has 0 spiro atoms. The Balaban J connectivity index is 1.83. The van der Waals surface area contributed by atoms with Crippen molar-refractivity contribution in [3.63, 3.8) is 0 Å². The van der Waals surface area contributed by atoms with E-state index in [0.717, 1.165) is 11.3 Å². The van der Waals surface area contributed by atoms with Crippen molar-refractivity contribution in [3.8, 4) is 5.75 Å². The lowest BCUT2D eigenvalue weighted by Crippen LogP contribution is -2.61. The number of likely N-dealkylation sites (N-methyl/N-ethyl adjacent to an activating group) is 1. The monoisotopic (exact) mass is 1050 g/mol. The van der Waals surface area contributed by atoms with Crippen LogP contribution in [-0.2, 0) is 60.7 Å². The van der Waals surface area contributed by atoms with Crippen molar-refractivity contribution < 1.29 is 67.1 Å². The second kappa shape index (κ2) is 29.6. The summed E-state index contributed by atoms with van der Waals surface area (Å²) in [6.07, 6.45) is -2.23. The number of hydrogen-bond acceptors (Lipinski definition) is 14. The molecule has 0 radical (unpaired) electrons. The van der Waals surface area contributed by atoms with Gasteiger partial charge in [0.2, 0.25) is 23.6 Å². The molecule has 5 N–H and O–H groups in total. The van der Waals surface area contributed by atoms with Gasteiger partial charge in [0.1, 0.15) is 53.8 Å².